The predicted octanol–water partition coefficient (Wildman–Crippen LogP) is 8.95. The summed E-state index contributed by atoms with van der Waals surface area (Å²) in [6.07, 6.45) is 3.81. The van der Waals surface area contributed by atoms with Gasteiger partial charge >= 0.3 is 0 Å². The zero-order valence-corrected chi connectivity index (χ0v) is 29.1. The molecule has 2 rings (SSSR count). The van der Waals surface area contributed by atoms with Crippen LogP contribution in [0.25, 0.3) is 0 Å². The monoisotopic (exact) mass is 563 g/mol. The highest BCUT2D eigenvalue weighted by Gasteiger charge is 2.66. The highest BCUT2D eigenvalue weighted by atomic mass is 16.5. The highest BCUT2D eigenvalue weighted by molar-refractivity contribution is 5.42. The van der Waals surface area contributed by atoms with Crippen LogP contribution < -0.4 is 0 Å². The molecule has 0 aromatic carbocycles. The van der Waals surface area contributed by atoms with E-state index in [0.29, 0.717) is 24.9 Å². The van der Waals surface area contributed by atoms with E-state index < -0.39 is 5.54 Å². The van der Waals surface area contributed by atoms with Gasteiger partial charge in [-0.3, -0.25) is 4.57 Å². The van der Waals surface area contributed by atoms with Gasteiger partial charge in [-0.2, -0.15) is 0 Å². The SMILES string of the molecule is CC(C)CN(CCC(C)(C)OCCC(C)(C)n1c(O)cc(C(C)(C)CC2(C)CC2(C)C(C)(C)C)c1O)CC(C)C. The summed E-state index contributed by atoms with van der Waals surface area (Å²) in [7, 11) is 0. The highest BCUT2D eigenvalue weighted by Crippen LogP contribution is 2.74. The molecule has 1 saturated carbocycles. The summed E-state index contributed by atoms with van der Waals surface area (Å²) in [6.45, 7) is 37.7. The van der Waals surface area contributed by atoms with Crippen LogP contribution in [0.5, 0.6) is 11.8 Å². The van der Waals surface area contributed by atoms with Gasteiger partial charge in [0.2, 0.25) is 0 Å². The number of aromatic nitrogens is 1. The zero-order chi connectivity index (χ0) is 31.1. The fourth-order valence-corrected chi connectivity index (χ4v) is 7.30. The quantitative estimate of drug-likeness (QED) is 0.224. The summed E-state index contributed by atoms with van der Waals surface area (Å²) in [5, 5.41) is 22.6. The third kappa shape index (κ3) is 8.00. The fourth-order valence-electron chi connectivity index (χ4n) is 7.30. The van der Waals surface area contributed by atoms with Crippen molar-refractivity contribution in [3.63, 3.8) is 0 Å². The van der Waals surface area contributed by atoms with Crippen LogP contribution in [0.4, 0.5) is 0 Å². The number of aromatic hydroxyl groups is 2. The van der Waals surface area contributed by atoms with Crippen LogP contribution in [-0.2, 0) is 15.7 Å². The molecule has 234 valence electrons. The summed E-state index contributed by atoms with van der Waals surface area (Å²) in [6, 6.07) is 1.79. The van der Waals surface area contributed by atoms with Gasteiger partial charge in [-0.05, 0) is 86.9 Å². The minimum atomic E-state index is -0.497. The molecule has 0 aliphatic heterocycles. The van der Waals surface area contributed by atoms with E-state index in [9.17, 15) is 10.2 Å². The lowest BCUT2D eigenvalue weighted by Crippen LogP contribution is -2.37. The molecule has 0 radical (unpaired) electrons. The van der Waals surface area contributed by atoms with E-state index in [4.69, 9.17) is 4.74 Å². The third-order valence-electron chi connectivity index (χ3n) is 10.2. The van der Waals surface area contributed by atoms with Crippen molar-refractivity contribution in [2.75, 3.05) is 26.2 Å². The summed E-state index contributed by atoms with van der Waals surface area (Å²) in [5.74, 6) is 1.61. The van der Waals surface area contributed by atoms with E-state index in [1.807, 2.05) is 0 Å². The fraction of sp³-hybridized carbons (Fsp3) is 0.886. The molecule has 1 aromatic rings. The van der Waals surface area contributed by atoms with Gasteiger partial charge < -0.3 is 19.8 Å². The van der Waals surface area contributed by atoms with Crippen molar-refractivity contribution in [1.29, 1.82) is 0 Å². The zero-order valence-electron chi connectivity index (χ0n) is 29.1. The van der Waals surface area contributed by atoms with Gasteiger partial charge in [-0.25, -0.2) is 0 Å². The van der Waals surface area contributed by atoms with E-state index in [1.54, 1.807) is 10.6 Å². The Morgan fingerprint density at radius 2 is 1.43 bits per heavy atom. The first-order valence-electron chi connectivity index (χ1n) is 15.9. The van der Waals surface area contributed by atoms with Gasteiger partial charge in [0, 0.05) is 43.4 Å². The Balaban J connectivity index is 2.08. The third-order valence-corrected chi connectivity index (χ3v) is 10.2. The van der Waals surface area contributed by atoms with Crippen molar-refractivity contribution in [3.8, 4) is 11.8 Å². The first kappa shape index (κ1) is 35.0. The van der Waals surface area contributed by atoms with Crippen molar-refractivity contribution in [1.82, 2.24) is 9.47 Å². The van der Waals surface area contributed by atoms with Gasteiger partial charge in [0.05, 0.1) is 5.60 Å². The molecule has 2 atom stereocenters. The van der Waals surface area contributed by atoms with E-state index >= 15 is 0 Å². The van der Waals surface area contributed by atoms with Gasteiger partial charge in [-0.15, -0.1) is 0 Å². The molecule has 0 bridgehead atoms. The Bertz CT molecular complexity index is 971. The maximum Gasteiger partial charge on any atom is 0.198 e. The van der Waals surface area contributed by atoms with Gasteiger partial charge in [0.1, 0.15) is 0 Å². The first-order valence-corrected chi connectivity index (χ1v) is 15.9. The summed E-state index contributed by atoms with van der Waals surface area (Å²) in [4.78, 5) is 2.57. The molecule has 0 amide bonds. The van der Waals surface area contributed by atoms with Crippen LogP contribution in [-0.4, -0.2) is 51.5 Å². The maximum absolute atomic E-state index is 11.5. The molecule has 0 saturated heterocycles. The number of rotatable bonds is 15. The number of ether oxygens (including phenoxy) is 1. The number of hydrogen-bond acceptors (Lipinski definition) is 4. The van der Waals surface area contributed by atoms with Crippen molar-refractivity contribution in [3.05, 3.63) is 11.6 Å². The van der Waals surface area contributed by atoms with Crippen LogP contribution in [0.2, 0.25) is 0 Å². The summed E-state index contributed by atoms with van der Waals surface area (Å²) >= 11 is 0. The van der Waals surface area contributed by atoms with E-state index in [1.165, 1.54) is 6.42 Å². The van der Waals surface area contributed by atoms with Gasteiger partial charge in [0.25, 0.3) is 0 Å². The van der Waals surface area contributed by atoms with Crippen LogP contribution >= 0.6 is 0 Å². The molecular weight excluding hydrogens is 496 g/mol. The lowest BCUT2D eigenvalue weighted by Gasteiger charge is -2.36. The lowest BCUT2D eigenvalue weighted by molar-refractivity contribution is -0.0396. The molecule has 1 heterocycles. The average molecular weight is 563 g/mol. The topological polar surface area (TPSA) is 57.9 Å². The molecule has 2 N–H and O–H groups in total. The Morgan fingerprint density at radius 1 is 0.900 bits per heavy atom. The van der Waals surface area contributed by atoms with Crippen molar-refractivity contribution < 1.29 is 14.9 Å². The van der Waals surface area contributed by atoms with E-state index in [-0.39, 0.29) is 39.0 Å². The largest absolute Gasteiger partial charge is 0.494 e. The first-order chi connectivity index (χ1) is 17.9. The van der Waals surface area contributed by atoms with Crippen molar-refractivity contribution in [2.24, 2.45) is 28.1 Å². The molecule has 1 aliphatic carbocycles. The normalized spacial score (nSPS) is 22.6. The lowest BCUT2D eigenvalue weighted by atomic mass is 9.68. The second kappa shape index (κ2) is 11.8. The Morgan fingerprint density at radius 3 is 1.88 bits per heavy atom. The standard InChI is InChI=1S/C35H66N2O3/c1-25(2)21-36(22-26(3)4)18-16-33(12,13)40-19-17-32(10,11)37-28(38)20-27(29(37)39)31(8,9)23-34(14)24-35(34,15)30(5,6)7/h20,25-26,38-39H,16-19,21-24H2,1-15H3. The summed E-state index contributed by atoms with van der Waals surface area (Å²) in [5.41, 5.74) is 0.523. The molecule has 5 nitrogen and oxygen atoms in total. The Labute approximate surface area is 248 Å². The number of hydrogen-bond donors (Lipinski definition) is 2. The van der Waals surface area contributed by atoms with Crippen LogP contribution in [0, 0.1) is 28.1 Å². The average Bonchev–Trinajstić information content (AvgIpc) is 3.13. The molecule has 5 heteroatoms. The van der Waals surface area contributed by atoms with E-state index in [0.717, 1.165) is 38.0 Å². The minimum absolute atomic E-state index is 0.127. The second-order valence-electron chi connectivity index (χ2n) is 17.4. The van der Waals surface area contributed by atoms with Crippen molar-refractivity contribution >= 4 is 0 Å². The van der Waals surface area contributed by atoms with Crippen LogP contribution in [0.15, 0.2) is 6.07 Å². The molecule has 2 unspecified atom stereocenters. The van der Waals surface area contributed by atoms with E-state index in [2.05, 4.69) is 109 Å². The molecular formula is C35H66N2O3. The van der Waals surface area contributed by atoms with Crippen LogP contribution in [0.3, 0.4) is 0 Å². The summed E-state index contributed by atoms with van der Waals surface area (Å²) < 4.78 is 8.14. The second-order valence-corrected chi connectivity index (χ2v) is 17.4. The molecule has 40 heavy (non-hydrogen) atoms. The molecule has 0 spiro atoms. The maximum atomic E-state index is 11.5. The molecule has 1 aliphatic rings. The van der Waals surface area contributed by atoms with Crippen LogP contribution in [0.1, 0.15) is 135 Å². The number of nitrogens with zero attached hydrogens (tertiary/aromatic N) is 2. The minimum Gasteiger partial charge on any atom is -0.494 e. The molecule has 1 aromatic heterocycles. The Kier molecular flexibility index (Phi) is 10.3. The Hall–Kier alpha value is -1.20. The molecule has 1 fully saturated rings. The van der Waals surface area contributed by atoms with Gasteiger partial charge in [0.15, 0.2) is 11.8 Å². The van der Waals surface area contributed by atoms with Crippen molar-refractivity contribution in [2.45, 2.75) is 146 Å². The smallest absolute Gasteiger partial charge is 0.198 e. The van der Waals surface area contributed by atoms with Gasteiger partial charge in [-0.1, -0.05) is 76.2 Å². The predicted molar refractivity (Wildman–Crippen MR) is 170 cm³/mol.